The highest BCUT2D eigenvalue weighted by molar-refractivity contribution is 6.02. The van der Waals surface area contributed by atoms with Crippen LogP contribution in [0.3, 0.4) is 0 Å². The first kappa shape index (κ1) is 20.6. The van der Waals surface area contributed by atoms with E-state index >= 15 is 0 Å². The molecule has 3 aromatic rings. The normalized spacial score (nSPS) is 16.8. The Labute approximate surface area is 178 Å². The van der Waals surface area contributed by atoms with Crippen LogP contribution in [0.5, 0.6) is 0 Å². The van der Waals surface area contributed by atoms with Gasteiger partial charge in [-0.2, -0.15) is 0 Å². The van der Waals surface area contributed by atoms with Crippen molar-refractivity contribution in [2.45, 2.75) is 52.5 Å². The van der Waals surface area contributed by atoms with E-state index in [1.165, 1.54) is 31.5 Å². The van der Waals surface area contributed by atoms with E-state index in [4.69, 9.17) is 4.52 Å². The Balaban J connectivity index is 0.00000106. The van der Waals surface area contributed by atoms with Crippen molar-refractivity contribution in [3.63, 3.8) is 0 Å². The number of aromatic nitrogens is 1. The van der Waals surface area contributed by atoms with Gasteiger partial charge in [0.1, 0.15) is 0 Å². The molecule has 2 aliphatic heterocycles. The second-order valence-corrected chi connectivity index (χ2v) is 8.10. The number of nitrogens with zero attached hydrogens (tertiary/aromatic N) is 2. The minimum atomic E-state index is 0.0550. The molecular formula is C25H31N3O2. The second-order valence-electron chi connectivity index (χ2n) is 8.10. The average Bonchev–Trinajstić information content (AvgIpc) is 3.35. The molecule has 1 saturated heterocycles. The molecule has 1 fully saturated rings. The number of anilines is 1. The zero-order chi connectivity index (χ0) is 20.9. The van der Waals surface area contributed by atoms with Crippen molar-refractivity contribution in [2.75, 3.05) is 18.4 Å². The van der Waals surface area contributed by atoms with E-state index in [0.717, 1.165) is 53.2 Å². The number of aryl methyl sites for hydroxylation is 1. The summed E-state index contributed by atoms with van der Waals surface area (Å²) in [4.78, 5) is 14.2. The van der Waals surface area contributed by atoms with Gasteiger partial charge in [-0.3, -0.25) is 9.69 Å². The Kier molecular flexibility index (Phi) is 6.48. The molecule has 1 aromatic heterocycles. The van der Waals surface area contributed by atoms with Crippen LogP contribution in [-0.4, -0.2) is 29.1 Å². The number of hydrogen-bond acceptors (Lipinski definition) is 4. The van der Waals surface area contributed by atoms with Gasteiger partial charge in [0.05, 0.1) is 12.1 Å². The molecule has 5 heteroatoms. The summed E-state index contributed by atoms with van der Waals surface area (Å²) in [6.07, 6.45) is 5.04. The number of carbonyl (C=O) groups is 1. The molecule has 0 atom stereocenters. The van der Waals surface area contributed by atoms with Crippen LogP contribution < -0.4 is 5.32 Å². The zero-order valence-electron chi connectivity index (χ0n) is 18.0. The molecule has 2 aromatic carbocycles. The summed E-state index contributed by atoms with van der Waals surface area (Å²) in [5, 5.41) is 8.25. The summed E-state index contributed by atoms with van der Waals surface area (Å²) in [6.45, 7) is 7.39. The van der Waals surface area contributed by atoms with Crippen LogP contribution in [0.15, 0.2) is 47.0 Å². The first-order valence-electron chi connectivity index (χ1n) is 11.2. The number of carbonyl (C=O) groups excluding carboxylic acids is 1. The smallest absolute Gasteiger partial charge is 0.228 e. The van der Waals surface area contributed by atoms with Gasteiger partial charge >= 0.3 is 0 Å². The Morgan fingerprint density at radius 2 is 1.90 bits per heavy atom. The van der Waals surface area contributed by atoms with Crippen molar-refractivity contribution in [3.05, 3.63) is 59.3 Å². The predicted octanol–water partition coefficient (Wildman–Crippen LogP) is 5.19. The molecule has 1 N–H and O–H groups in total. The molecule has 0 bridgehead atoms. The van der Waals surface area contributed by atoms with Gasteiger partial charge < -0.3 is 9.84 Å². The number of likely N-dealkylation sites (tertiary alicyclic amines) is 1. The summed E-state index contributed by atoms with van der Waals surface area (Å²) >= 11 is 0. The van der Waals surface area contributed by atoms with Gasteiger partial charge in [0, 0.05) is 23.7 Å². The second kappa shape index (κ2) is 9.43. The molecule has 0 unspecified atom stereocenters. The van der Waals surface area contributed by atoms with E-state index in [1.54, 1.807) is 0 Å². The summed E-state index contributed by atoms with van der Waals surface area (Å²) < 4.78 is 5.52. The van der Waals surface area contributed by atoms with E-state index in [0.29, 0.717) is 6.42 Å². The molecule has 1 amide bonds. The van der Waals surface area contributed by atoms with E-state index in [9.17, 15) is 4.79 Å². The van der Waals surface area contributed by atoms with E-state index < -0.39 is 0 Å². The van der Waals surface area contributed by atoms with Crippen LogP contribution in [0.25, 0.3) is 11.0 Å². The third kappa shape index (κ3) is 4.57. The SMILES string of the molecule is CC.O=C1Cc2cc3c(CCC4CCN(Cc5ccccc5)CC4)noc3cc2N1. The number of amides is 1. The molecular weight excluding hydrogens is 374 g/mol. The lowest BCUT2D eigenvalue weighted by molar-refractivity contribution is -0.115. The highest BCUT2D eigenvalue weighted by Crippen LogP contribution is 2.32. The topological polar surface area (TPSA) is 58.4 Å². The molecule has 0 saturated carbocycles. The average molecular weight is 406 g/mol. The lowest BCUT2D eigenvalue weighted by Gasteiger charge is -2.31. The van der Waals surface area contributed by atoms with Crippen LogP contribution in [0.4, 0.5) is 5.69 Å². The van der Waals surface area contributed by atoms with Crippen molar-refractivity contribution in [2.24, 2.45) is 5.92 Å². The minimum Gasteiger partial charge on any atom is -0.356 e. The molecule has 30 heavy (non-hydrogen) atoms. The fourth-order valence-corrected chi connectivity index (χ4v) is 4.51. The number of piperidine rings is 1. The number of benzene rings is 2. The van der Waals surface area contributed by atoms with Crippen LogP contribution in [0.1, 0.15) is 49.9 Å². The zero-order valence-corrected chi connectivity index (χ0v) is 18.0. The van der Waals surface area contributed by atoms with Crippen molar-refractivity contribution in [1.29, 1.82) is 0 Å². The maximum Gasteiger partial charge on any atom is 0.228 e. The maximum absolute atomic E-state index is 11.6. The fraction of sp³-hybridized carbons (Fsp3) is 0.440. The molecule has 2 aliphatic rings. The molecule has 158 valence electrons. The first-order valence-corrected chi connectivity index (χ1v) is 11.2. The standard InChI is InChI=1S/C23H25N3O2.C2H6/c27-23-13-18-12-19-20(25-28-22(19)14-21(18)24-23)7-6-16-8-10-26(11-9-16)15-17-4-2-1-3-5-17;1-2/h1-5,12,14,16H,6-11,13,15H2,(H,24,27);1-2H3. The largest absolute Gasteiger partial charge is 0.356 e. The molecule has 0 aliphatic carbocycles. The monoisotopic (exact) mass is 405 g/mol. The Hall–Kier alpha value is -2.66. The minimum absolute atomic E-state index is 0.0550. The van der Waals surface area contributed by atoms with Gasteiger partial charge in [-0.15, -0.1) is 0 Å². The van der Waals surface area contributed by atoms with Crippen LogP contribution in [0, 0.1) is 5.92 Å². The lowest BCUT2D eigenvalue weighted by atomic mass is 9.91. The predicted molar refractivity (Wildman–Crippen MR) is 120 cm³/mol. The summed E-state index contributed by atoms with van der Waals surface area (Å²) in [7, 11) is 0. The van der Waals surface area contributed by atoms with Crippen molar-refractivity contribution in [1.82, 2.24) is 10.1 Å². The van der Waals surface area contributed by atoms with Crippen molar-refractivity contribution in [3.8, 4) is 0 Å². The van der Waals surface area contributed by atoms with Crippen molar-refractivity contribution >= 4 is 22.6 Å². The number of fused-ring (bicyclic) bond motifs is 2. The van der Waals surface area contributed by atoms with Crippen LogP contribution in [0.2, 0.25) is 0 Å². The number of hydrogen-bond donors (Lipinski definition) is 1. The van der Waals surface area contributed by atoms with Crippen molar-refractivity contribution < 1.29 is 9.32 Å². The molecule has 0 radical (unpaired) electrons. The van der Waals surface area contributed by atoms with Crippen LogP contribution >= 0.6 is 0 Å². The maximum atomic E-state index is 11.6. The summed E-state index contributed by atoms with van der Waals surface area (Å²) in [5.41, 5.74) is 5.12. The first-order chi connectivity index (χ1) is 14.7. The van der Waals surface area contributed by atoms with Gasteiger partial charge in [0.25, 0.3) is 0 Å². The fourth-order valence-electron chi connectivity index (χ4n) is 4.51. The Morgan fingerprint density at radius 1 is 1.13 bits per heavy atom. The highest BCUT2D eigenvalue weighted by Gasteiger charge is 2.23. The third-order valence-electron chi connectivity index (χ3n) is 6.14. The van der Waals surface area contributed by atoms with Gasteiger partial charge in [0.15, 0.2) is 5.58 Å². The van der Waals surface area contributed by atoms with E-state index in [-0.39, 0.29) is 5.91 Å². The molecule has 0 spiro atoms. The van der Waals surface area contributed by atoms with Crippen LogP contribution in [-0.2, 0) is 24.2 Å². The van der Waals surface area contributed by atoms with E-state index in [2.05, 4.69) is 51.8 Å². The van der Waals surface area contributed by atoms with Gasteiger partial charge in [-0.05, 0) is 61.9 Å². The number of rotatable bonds is 5. The Morgan fingerprint density at radius 3 is 2.67 bits per heavy atom. The van der Waals surface area contributed by atoms with Gasteiger partial charge in [0.2, 0.25) is 5.91 Å². The highest BCUT2D eigenvalue weighted by atomic mass is 16.5. The summed E-state index contributed by atoms with van der Waals surface area (Å²) in [5.74, 6) is 0.802. The molecule has 3 heterocycles. The lowest BCUT2D eigenvalue weighted by Crippen LogP contribution is -2.33. The summed E-state index contributed by atoms with van der Waals surface area (Å²) in [6, 6.07) is 14.7. The molecule has 5 nitrogen and oxygen atoms in total. The van der Waals surface area contributed by atoms with Gasteiger partial charge in [-0.1, -0.05) is 49.3 Å². The van der Waals surface area contributed by atoms with E-state index in [1.807, 2.05) is 19.9 Å². The van der Waals surface area contributed by atoms with Gasteiger partial charge in [-0.25, -0.2) is 0 Å². The molecule has 5 rings (SSSR count). The Bertz CT molecular complexity index is 988. The number of nitrogens with one attached hydrogen (secondary N) is 1. The quantitative estimate of drug-likeness (QED) is 0.634. The third-order valence-corrected chi connectivity index (χ3v) is 6.14.